The molecule has 7 nitrogen and oxygen atoms in total. The summed E-state index contributed by atoms with van der Waals surface area (Å²) in [5, 5.41) is 2.82. The second kappa shape index (κ2) is 11.0. The Balaban J connectivity index is 0. The highest BCUT2D eigenvalue weighted by Gasteiger charge is 2.03. The first-order valence-corrected chi connectivity index (χ1v) is 6.67. The topological polar surface area (TPSA) is 106 Å². The van der Waals surface area contributed by atoms with Gasteiger partial charge in [-0.3, -0.25) is 4.99 Å². The molecule has 4 N–H and O–H groups in total. The van der Waals surface area contributed by atoms with E-state index in [0.717, 1.165) is 0 Å². The molecule has 0 aliphatic heterocycles. The molecule has 0 aromatic heterocycles. The van der Waals surface area contributed by atoms with Gasteiger partial charge in [0.2, 0.25) is 10.0 Å². The van der Waals surface area contributed by atoms with Gasteiger partial charge < -0.3 is 15.8 Å². The molecule has 0 bridgehead atoms. The lowest BCUT2D eigenvalue weighted by Gasteiger charge is -2.05. The highest BCUT2D eigenvalue weighted by Crippen LogP contribution is 1.81. The lowest BCUT2D eigenvalue weighted by molar-refractivity contribution is 0.204. The molecule has 0 rings (SSSR count). The van der Waals surface area contributed by atoms with Crippen LogP contribution in [0.3, 0.4) is 0 Å². The number of ether oxygens (including phenoxy) is 1. The zero-order chi connectivity index (χ0) is 12.4. The maximum Gasteiger partial charge on any atom is 0.211 e. The van der Waals surface area contributed by atoms with Crippen molar-refractivity contribution in [2.75, 3.05) is 39.1 Å². The van der Waals surface area contributed by atoms with Crippen molar-refractivity contribution in [2.24, 2.45) is 10.7 Å². The Kier molecular flexibility index (Phi) is 12.4. The van der Waals surface area contributed by atoms with Crippen LogP contribution in [-0.4, -0.2) is 53.5 Å². The third-order valence-electron chi connectivity index (χ3n) is 1.71. The summed E-state index contributed by atoms with van der Waals surface area (Å²) in [5.74, 6) is 0.353. The summed E-state index contributed by atoms with van der Waals surface area (Å²) in [6.07, 6.45) is 0. The predicted molar refractivity (Wildman–Crippen MR) is 79.2 cm³/mol. The van der Waals surface area contributed by atoms with Crippen LogP contribution in [-0.2, 0) is 14.8 Å². The maximum absolute atomic E-state index is 11.0. The number of nitrogens with zero attached hydrogens (tertiary/aromatic N) is 1. The molecular formula is C8H21IN4O3S. The molecule has 0 aliphatic rings. The molecule has 0 atom stereocenters. The van der Waals surface area contributed by atoms with Crippen molar-refractivity contribution in [1.82, 2.24) is 10.0 Å². The van der Waals surface area contributed by atoms with Crippen LogP contribution in [0.15, 0.2) is 4.99 Å². The fourth-order valence-electron chi connectivity index (χ4n) is 0.817. The summed E-state index contributed by atoms with van der Waals surface area (Å²) in [5.41, 5.74) is 5.50. The van der Waals surface area contributed by atoms with E-state index < -0.39 is 10.0 Å². The number of methoxy groups -OCH3 is 1. The van der Waals surface area contributed by atoms with Gasteiger partial charge in [-0.25, -0.2) is 13.1 Å². The van der Waals surface area contributed by atoms with Gasteiger partial charge in [0.15, 0.2) is 5.96 Å². The molecule has 0 spiro atoms. The van der Waals surface area contributed by atoms with Crippen molar-refractivity contribution in [3.8, 4) is 0 Å². The third-order valence-corrected chi connectivity index (χ3v) is 3.11. The van der Waals surface area contributed by atoms with Crippen LogP contribution in [0, 0.1) is 0 Å². The van der Waals surface area contributed by atoms with E-state index in [9.17, 15) is 8.42 Å². The first kappa shape index (κ1) is 19.2. The summed E-state index contributed by atoms with van der Waals surface area (Å²) in [6, 6.07) is 0. The average Bonchev–Trinajstić information content (AvgIpc) is 2.25. The van der Waals surface area contributed by atoms with Crippen LogP contribution >= 0.6 is 24.0 Å². The number of sulfonamides is 1. The quantitative estimate of drug-likeness (QED) is 0.219. The number of halogens is 1. The minimum absolute atomic E-state index is 0. The highest BCUT2D eigenvalue weighted by atomic mass is 127. The maximum atomic E-state index is 11.0. The third kappa shape index (κ3) is 12.1. The van der Waals surface area contributed by atoms with Crippen molar-refractivity contribution >= 4 is 40.0 Å². The molecule has 0 aromatic rings. The molecule has 0 saturated heterocycles. The normalized spacial score (nSPS) is 12.0. The van der Waals surface area contributed by atoms with Gasteiger partial charge in [-0.05, 0) is 6.92 Å². The van der Waals surface area contributed by atoms with Crippen molar-refractivity contribution in [1.29, 1.82) is 0 Å². The Morgan fingerprint density at radius 2 is 2.06 bits per heavy atom. The minimum Gasteiger partial charge on any atom is -0.383 e. The fourth-order valence-corrected chi connectivity index (χ4v) is 1.42. The number of nitrogens with two attached hydrogens (primary N) is 1. The SMILES string of the molecule is CCS(=O)(=O)NCCN=C(N)NCCOC.I. The van der Waals surface area contributed by atoms with Crippen molar-refractivity contribution in [3.63, 3.8) is 0 Å². The zero-order valence-corrected chi connectivity index (χ0v) is 13.2. The summed E-state index contributed by atoms with van der Waals surface area (Å²) in [4.78, 5) is 3.93. The highest BCUT2D eigenvalue weighted by molar-refractivity contribution is 14.0. The Labute approximate surface area is 120 Å². The number of hydrogen-bond donors (Lipinski definition) is 3. The molecule has 0 heterocycles. The lowest BCUT2D eigenvalue weighted by Crippen LogP contribution is -2.35. The first-order chi connectivity index (χ1) is 7.52. The zero-order valence-electron chi connectivity index (χ0n) is 10.1. The Hall–Kier alpha value is -0.130. The molecule has 0 amide bonds. The van der Waals surface area contributed by atoms with Gasteiger partial charge in [0.25, 0.3) is 0 Å². The smallest absolute Gasteiger partial charge is 0.211 e. The molecule has 0 aliphatic carbocycles. The summed E-state index contributed by atoms with van der Waals surface area (Å²) < 4.78 is 29.3. The van der Waals surface area contributed by atoms with Gasteiger partial charge in [-0.15, -0.1) is 24.0 Å². The number of aliphatic imine (C=N–C) groups is 1. The minimum atomic E-state index is -3.14. The molecular weight excluding hydrogens is 359 g/mol. The molecule has 0 fully saturated rings. The summed E-state index contributed by atoms with van der Waals surface area (Å²) in [7, 11) is -1.55. The van der Waals surface area contributed by atoms with Gasteiger partial charge >= 0.3 is 0 Å². The van der Waals surface area contributed by atoms with E-state index in [-0.39, 0.29) is 42.2 Å². The second-order valence-electron chi connectivity index (χ2n) is 2.98. The van der Waals surface area contributed by atoms with Crippen LogP contribution < -0.4 is 15.8 Å². The van der Waals surface area contributed by atoms with Crippen LogP contribution in [0.25, 0.3) is 0 Å². The number of guanidine groups is 1. The summed E-state index contributed by atoms with van der Waals surface area (Å²) in [6.45, 7) is 3.26. The second-order valence-corrected chi connectivity index (χ2v) is 5.08. The molecule has 104 valence electrons. The van der Waals surface area contributed by atoms with Crippen LogP contribution in [0.4, 0.5) is 0 Å². The van der Waals surface area contributed by atoms with Crippen molar-refractivity contribution in [2.45, 2.75) is 6.92 Å². The van der Waals surface area contributed by atoms with Crippen LogP contribution in [0.1, 0.15) is 6.92 Å². The van der Waals surface area contributed by atoms with Gasteiger partial charge in [0.1, 0.15) is 0 Å². The van der Waals surface area contributed by atoms with E-state index in [0.29, 0.717) is 19.7 Å². The Bertz CT molecular complexity index is 308. The van der Waals surface area contributed by atoms with Gasteiger partial charge in [-0.1, -0.05) is 0 Å². The molecule has 0 aromatic carbocycles. The van der Waals surface area contributed by atoms with Crippen molar-refractivity contribution < 1.29 is 13.2 Å². The fraction of sp³-hybridized carbons (Fsp3) is 0.875. The lowest BCUT2D eigenvalue weighted by atomic mass is 10.6. The summed E-state index contributed by atoms with van der Waals surface area (Å²) >= 11 is 0. The van der Waals surface area contributed by atoms with E-state index in [1.165, 1.54) is 0 Å². The van der Waals surface area contributed by atoms with E-state index >= 15 is 0 Å². The van der Waals surface area contributed by atoms with E-state index in [4.69, 9.17) is 10.5 Å². The standard InChI is InChI=1S/C8H20N4O3S.HI/c1-3-16(13,14)12-5-4-10-8(9)11-6-7-15-2;/h12H,3-7H2,1-2H3,(H3,9,10,11);1H. The molecule has 0 radical (unpaired) electrons. The van der Waals surface area contributed by atoms with E-state index in [1.807, 2.05) is 0 Å². The Morgan fingerprint density at radius 1 is 1.41 bits per heavy atom. The Morgan fingerprint density at radius 3 is 2.59 bits per heavy atom. The molecule has 17 heavy (non-hydrogen) atoms. The number of hydrogen-bond acceptors (Lipinski definition) is 4. The largest absolute Gasteiger partial charge is 0.383 e. The van der Waals surface area contributed by atoms with Crippen LogP contribution in [0.5, 0.6) is 0 Å². The van der Waals surface area contributed by atoms with Crippen LogP contribution in [0.2, 0.25) is 0 Å². The average molecular weight is 380 g/mol. The monoisotopic (exact) mass is 380 g/mol. The van der Waals surface area contributed by atoms with Crippen molar-refractivity contribution in [3.05, 3.63) is 0 Å². The van der Waals surface area contributed by atoms with Gasteiger partial charge in [0, 0.05) is 20.2 Å². The van der Waals surface area contributed by atoms with E-state index in [1.54, 1.807) is 14.0 Å². The molecule has 0 saturated carbocycles. The van der Waals surface area contributed by atoms with E-state index in [2.05, 4.69) is 15.0 Å². The van der Waals surface area contributed by atoms with Gasteiger partial charge in [-0.2, -0.15) is 0 Å². The molecule has 0 unspecified atom stereocenters. The van der Waals surface area contributed by atoms with Gasteiger partial charge in [0.05, 0.1) is 18.9 Å². The number of nitrogens with one attached hydrogen (secondary N) is 2. The first-order valence-electron chi connectivity index (χ1n) is 5.02. The number of rotatable bonds is 8. The molecule has 9 heteroatoms. The predicted octanol–water partition coefficient (Wildman–Crippen LogP) is -0.906.